The van der Waals surface area contributed by atoms with E-state index in [1.807, 2.05) is 13.8 Å². The van der Waals surface area contributed by atoms with Crippen LogP contribution in [0.1, 0.15) is 64.1 Å². The van der Waals surface area contributed by atoms with Gasteiger partial charge in [-0.3, -0.25) is 4.79 Å². The van der Waals surface area contributed by atoms with Crippen LogP contribution in [0, 0.1) is 12.8 Å². The first-order valence-corrected chi connectivity index (χ1v) is 9.39. The molecule has 0 aliphatic heterocycles. The summed E-state index contributed by atoms with van der Waals surface area (Å²) in [5.41, 5.74) is 2.03. The number of carbonyl (C=O) groups excluding carboxylic acids is 2. The van der Waals surface area contributed by atoms with Crippen LogP contribution in [0.5, 0.6) is 0 Å². The molecule has 1 aliphatic rings. The number of amides is 1. The molecule has 0 aromatic carbocycles. The molecule has 0 saturated heterocycles. The van der Waals surface area contributed by atoms with Gasteiger partial charge in [-0.2, -0.15) is 0 Å². The lowest BCUT2D eigenvalue weighted by Gasteiger charge is -2.18. The highest BCUT2D eigenvalue weighted by atomic mass is 32.1. The number of hydrogen-bond acceptors (Lipinski definition) is 5. The van der Waals surface area contributed by atoms with Crippen molar-refractivity contribution >= 4 is 28.2 Å². The third kappa shape index (κ3) is 3.63. The topological polar surface area (TPSA) is 68.5 Å². The van der Waals surface area contributed by atoms with E-state index in [1.165, 1.54) is 22.5 Å². The van der Waals surface area contributed by atoms with Gasteiger partial charge in [0.15, 0.2) is 0 Å². The van der Waals surface area contributed by atoms with Crippen molar-refractivity contribution < 1.29 is 18.7 Å². The van der Waals surface area contributed by atoms with Gasteiger partial charge in [0.05, 0.1) is 23.5 Å². The monoisotopic (exact) mass is 361 g/mol. The third-order valence-electron chi connectivity index (χ3n) is 4.39. The fourth-order valence-electron chi connectivity index (χ4n) is 3.12. The van der Waals surface area contributed by atoms with Gasteiger partial charge in [-0.05, 0) is 57.6 Å². The van der Waals surface area contributed by atoms with Gasteiger partial charge in [0.25, 0.3) is 5.91 Å². The molecule has 134 valence electrons. The number of furan rings is 1. The molecule has 2 aromatic rings. The van der Waals surface area contributed by atoms with Gasteiger partial charge in [0.2, 0.25) is 0 Å². The highest BCUT2D eigenvalue weighted by molar-refractivity contribution is 7.17. The number of rotatable bonds is 4. The maximum absolute atomic E-state index is 12.6. The summed E-state index contributed by atoms with van der Waals surface area (Å²) in [6, 6.07) is 1.63. The zero-order valence-electron chi connectivity index (χ0n) is 15.0. The van der Waals surface area contributed by atoms with Crippen molar-refractivity contribution in [3.05, 3.63) is 39.7 Å². The molecule has 2 heterocycles. The van der Waals surface area contributed by atoms with E-state index in [0.717, 1.165) is 24.8 Å². The zero-order valence-corrected chi connectivity index (χ0v) is 15.8. The van der Waals surface area contributed by atoms with Crippen LogP contribution in [0.15, 0.2) is 16.7 Å². The van der Waals surface area contributed by atoms with Crippen LogP contribution in [0.25, 0.3) is 0 Å². The molecule has 2 aromatic heterocycles. The maximum Gasteiger partial charge on any atom is 0.341 e. The molecule has 0 unspecified atom stereocenters. The Bertz CT molecular complexity index is 802. The van der Waals surface area contributed by atoms with Gasteiger partial charge in [0.1, 0.15) is 10.8 Å². The summed E-state index contributed by atoms with van der Waals surface area (Å²) in [4.78, 5) is 26.4. The SMILES string of the molecule is Cc1occc1C(=O)Nc1sc2c(c1C(=O)OC(C)C)CC[C@H](C)C2. The van der Waals surface area contributed by atoms with Gasteiger partial charge in [-0.15, -0.1) is 11.3 Å². The van der Waals surface area contributed by atoms with E-state index in [0.29, 0.717) is 27.8 Å². The summed E-state index contributed by atoms with van der Waals surface area (Å²) in [6.45, 7) is 7.60. The Morgan fingerprint density at radius 2 is 2.16 bits per heavy atom. The van der Waals surface area contributed by atoms with E-state index in [1.54, 1.807) is 13.0 Å². The number of ether oxygens (including phenoxy) is 1. The van der Waals surface area contributed by atoms with Crippen LogP contribution < -0.4 is 5.32 Å². The van der Waals surface area contributed by atoms with Gasteiger partial charge >= 0.3 is 5.97 Å². The number of hydrogen-bond donors (Lipinski definition) is 1. The number of esters is 1. The quantitative estimate of drug-likeness (QED) is 0.809. The summed E-state index contributed by atoms with van der Waals surface area (Å²) in [5, 5.41) is 3.48. The van der Waals surface area contributed by atoms with Crippen molar-refractivity contribution in [3.8, 4) is 0 Å². The molecule has 3 rings (SSSR count). The summed E-state index contributed by atoms with van der Waals surface area (Å²) < 4.78 is 10.6. The highest BCUT2D eigenvalue weighted by Gasteiger charge is 2.30. The first-order valence-electron chi connectivity index (χ1n) is 8.57. The minimum Gasteiger partial charge on any atom is -0.469 e. The summed E-state index contributed by atoms with van der Waals surface area (Å²) >= 11 is 1.49. The van der Waals surface area contributed by atoms with Gasteiger partial charge < -0.3 is 14.5 Å². The fraction of sp³-hybridized carbons (Fsp3) is 0.474. The van der Waals surface area contributed by atoms with E-state index in [2.05, 4.69) is 12.2 Å². The molecular weight excluding hydrogens is 338 g/mol. The molecule has 0 radical (unpaired) electrons. The predicted molar refractivity (Wildman–Crippen MR) is 97.5 cm³/mol. The zero-order chi connectivity index (χ0) is 18.1. The molecule has 0 bridgehead atoms. The first kappa shape index (κ1) is 17.7. The average Bonchev–Trinajstić information content (AvgIpc) is 3.09. The molecule has 25 heavy (non-hydrogen) atoms. The Labute approximate surface area is 151 Å². The average molecular weight is 361 g/mol. The molecule has 0 saturated carbocycles. The van der Waals surface area contributed by atoms with E-state index >= 15 is 0 Å². The lowest BCUT2D eigenvalue weighted by atomic mass is 9.88. The summed E-state index contributed by atoms with van der Waals surface area (Å²) in [7, 11) is 0. The molecule has 6 heteroatoms. The minimum atomic E-state index is -0.360. The highest BCUT2D eigenvalue weighted by Crippen LogP contribution is 2.40. The predicted octanol–water partition coefficient (Wildman–Crippen LogP) is 4.59. The number of carbonyl (C=O) groups is 2. The van der Waals surface area contributed by atoms with E-state index in [9.17, 15) is 9.59 Å². The lowest BCUT2D eigenvalue weighted by molar-refractivity contribution is 0.0378. The number of nitrogens with one attached hydrogen (secondary N) is 1. The van der Waals surface area contributed by atoms with Crippen LogP contribution in [0.3, 0.4) is 0 Å². The normalized spacial score (nSPS) is 16.6. The number of anilines is 1. The molecule has 1 atom stereocenters. The van der Waals surface area contributed by atoms with Crippen LogP contribution in [-0.2, 0) is 17.6 Å². The Kier molecular flexibility index (Phi) is 4.99. The number of thiophene rings is 1. The van der Waals surface area contributed by atoms with E-state index in [4.69, 9.17) is 9.15 Å². The first-order chi connectivity index (χ1) is 11.9. The van der Waals surface area contributed by atoms with Crippen LogP contribution in [-0.4, -0.2) is 18.0 Å². The minimum absolute atomic E-state index is 0.203. The van der Waals surface area contributed by atoms with Gasteiger partial charge in [0, 0.05) is 4.88 Å². The molecule has 0 spiro atoms. The second kappa shape index (κ2) is 7.04. The van der Waals surface area contributed by atoms with Crippen molar-refractivity contribution in [2.45, 2.75) is 53.1 Å². The number of aryl methyl sites for hydroxylation is 1. The molecule has 0 fully saturated rings. The van der Waals surface area contributed by atoms with Crippen LogP contribution in [0.4, 0.5) is 5.00 Å². The smallest absolute Gasteiger partial charge is 0.341 e. The van der Waals surface area contributed by atoms with E-state index < -0.39 is 0 Å². The Morgan fingerprint density at radius 1 is 1.40 bits per heavy atom. The molecular formula is C19H23NO4S. The van der Waals surface area contributed by atoms with Gasteiger partial charge in [-0.1, -0.05) is 6.92 Å². The van der Waals surface area contributed by atoms with Crippen molar-refractivity contribution in [2.24, 2.45) is 5.92 Å². The lowest BCUT2D eigenvalue weighted by Crippen LogP contribution is -2.18. The fourth-order valence-corrected chi connectivity index (χ4v) is 4.51. The van der Waals surface area contributed by atoms with Crippen molar-refractivity contribution in [1.29, 1.82) is 0 Å². The van der Waals surface area contributed by atoms with Crippen LogP contribution >= 0.6 is 11.3 Å². The second-order valence-corrected chi connectivity index (χ2v) is 7.96. The molecule has 5 nitrogen and oxygen atoms in total. The van der Waals surface area contributed by atoms with Crippen LogP contribution in [0.2, 0.25) is 0 Å². The molecule has 1 N–H and O–H groups in total. The Balaban J connectivity index is 1.96. The van der Waals surface area contributed by atoms with Crippen molar-refractivity contribution in [3.63, 3.8) is 0 Å². The molecule has 1 amide bonds. The third-order valence-corrected chi connectivity index (χ3v) is 5.56. The standard InChI is InChI=1S/C19H23NO4S/c1-10(2)24-19(22)16-14-6-5-11(3)9-15(14)25-18(16)20-17(21)13-7-8-23-12(13)4/h7-8,10-11H,5-6,9H2,1-4H3,(H,20,21)/t11-/m0/s1. The second-order valence-electron chi connectivity index (χ2n) is 6.85. The Morgan fingerprint density at radius 3 is 2.80 bits per heavy atom. The van der Waals surface area contributed by atoms with Gasteiger partial charge in [-0.25, -0.2) is 4.79 Å². The number of fused-ring (bicyclic) bond motifs is 1. The largest absolute Gasteiger partial charge is 0.469 e. The molecule has 1 aliphatic carbocycles. The maximum atomic E-state index is 12.6. The van der Waals surface area contributed by atoms with Crippen molar-refractivity contribution in [2.75, 3.05) is 5.32 Å². The van der Waals surface area contributed by atoms with E-state index in [-0.39, 0.29) is 18.0 Å². The summed E-state index contributed by atoms with van der Waals surface area (Å²) in [5.74, 6) is 0.510. The van der Waals surface area contributed by atoms with Crippen molar-refractivity contribution in [1.82, 2.24) is 0 Å². The Hall–Kier alpha value is -2.08. The summed E-state index contributed by atoms with van der Waals surface area (Å²) in [6.07, 6.45) is 4.10.